The molecule has 1 fully saturated rings. The number of nitrogens with zero attached hydrogens (tertiary/aromatic N) is 4. The fourth-order valence-corrected chi connectivity index (χ4v) is 3.53. The van der Waals surface area contributed by atoms with E-state index in [0.29, 0.717) is 30.0 Å². The average molecular weight is 382 g/mol. The molecule has 28 heavy (non-hydrogen) atoms. The number of pyridine rings is 1. The highest BCUT2D eigenvalue weighted by Gasteiger charge is 2.31. The van der Waals surface area contributed by atoms with E-state index in [-0.39, 0.29) is 23.9 Å². The second kappa shape index (κ2) is 8.88. The fraction of sp³-hybridized carbons (Fsp3) is 0.450. The quantitative estimate of drug-likeness (QED) is 0.778. The third-order valence-corrected chi connectivity index (χ3v) is 5.33. The number of likely N-dealkylation sites (tertiary alicyclic amines) is 1. The summed E-state index contributed by atoms with van der Waals surface area (Å²) in [4.78, 5) is 39.2. The number of aryl methyl sites for hydroxylation is 1. The van der Waals surface area contributed by atoms with Crippen LogP contribution in [0.25, 0.3) is 11.4 Å². The summed E-state index contributed by atoms with van der Waals surface area (Å²) in [6.45, 7) is 2.33. The predicted molar refractivity (Wildman–Crippen MR) is 106 cm³/mol. The Morgan fingerprint density at radius 3 is 2.71 bits per heavy atom. The van der Waals surface area contributed by atoms with Crippen molar-refractivity contribution in [3.8, 4) is 11.4 Å². The normalized spacial score (nSPS) is 19.4. The standard InChI is InChI=1S/C20H26N6O2/c1-13-17(12-23-19(25-13)14-5-4-8-22-10-14)20(28)24-11-16-7-6-15(26(16)3)9-18(27)21-2/h4-5,8,10,12,15-16H,6-7,9,11H2,1-3H3,(H,21,27)(H,24,28)/t15-,16+/m1/s1. The lowest BCUT2D eigenvalue weighted by Gasteiger charge is -2.25. The first-order valence-corrected chi connectivity index (χ1v) is 9.44. The van der Waals surface area contributed by atoms with Crippen LogP contribution in [0.3, 0.4) is 0 Å². The maximum absolute atomic E-state index is 12.6. The number of nitrogens with one attached hydrogen (secondary N) is 2. The van der Waals surface area contributed by atoms with Gasteiger partial charge in [0.1, 0.15) is 0 Å². The van der Waals surface area contributed by atoms with Crippen molar-refractivity contribution in [1.29, 1.82) is 0 Å². The topological polar surface area (TPSA) is 100 Å². The van der Waals surface area contributed by atoms with Crippen molar-refractivity contribution in [3.63, 3.8) is 0 Å². The molecule has 2 amide bonds. The van der Waals surface area contributed by atoms with Crippen LogP contribution in [0, 0.1) is 6.92 Å². The summed E-state index contributed by atoms with van der Waals surface area (Å²) in [5.41, 5.74) is 1.91. The Hall–Kier alpha value is -2.87. The largest absolute Gasteiger partial charge is 0.359 e. The zero-order valence-electron chi connectivity index (χ0n) is 16.5. The molecule has 1 aliphatic heterocycles. The number of aromatic nitrogens is 3. The number of likely N-dealkylation sites (N-methyl/N-ethyl adjacent to an activating group) is 1. The molecule has 2 N–H and O–H groups in total. The molecule has 2 atom stereocenters. The number of carbonyl (C=O) groups is 2. The molecule has 0 aliphatic carbocycles. The molecule has 0 aromatic carbocycles. The molecule has 0 unspecified atom stereocenters. The molecule has 0 radical (unpaired) electrons. The minimum atomic E-state index is -0.182. The molecule has 8 nitrogen and oxygen atoms in total. The van der Waals surface area contributed by atoms with Crippen molar-refractivity contribution >= 4 is 11.8 Å². The first-order valence-electron chi connectivity index (χ1n) is 9.44. The van der Waals surface area contributed by atoms with E-state index in [4.69, 9.17) is 0 Å². The van der Waals surface area contributed by atoms with Gasteiger partial charge in [-0.2, -0.15) is 0 Å². The van der Waals surface area contributed by atoms with Gasteiger partial charge in [-0.15, -0.1) is 0 Å². The third kappa shape index (κ3) is 4.51. The Morgan fingerprint density at radius 2 is 2.04 bits per heavy atom. The van der Waals surface area contributed by atoms with Gasteiger partial charge in [0.15, 0.2) is 5.82 Å². The smallest absolute Gasteiger partial charge is 0.254 e. The van der Waals surface area contributed by atoms with Crippen molar-refractivity contribution in [2.75, 3.05) is 20.6 Å². The van der Waals surface area contributed by atoms with Crippen molar-refractivity contribution in [1.82, 2.24) is 30.5 Å². The van der Waals surface area contributed by atoms with E-state index in [9.17, 15) is 9.59 Å². The molecule has 8 heteroatoms. The van der Waals surface area contributed by atoms with Crippen molar-refractivity contribution in [2.24, 2.45) is 0 Å². The van der Waals surface area contributed by atoms with Crippen LogP contribution in [0.15, 0.2) is 30.7 Å². The van der Waals surface area contributed by atoms with Crippen LogP contribution in [-0.2, 0) is 4.79 Å². The predicted octanol–water partition coefficient (Wildman–Crippen LogP) is 1.18. The lowest BCUT2D eigenvalue weighted by molar-refractivity contribution is -0.121. The minimum absolute atomic E-state index is 0.0445. The summed E-state index contributed by atoms with van der Waals surface area (Å²) in [5.74, 6) is 0.413. The molecule has 1 aliphatic rings. The van der Waals surface area contributed by atoms with Crippen molar-refractivity contribution < 1.29 is 9.59 Å². The zero-order chi connectivity index (χ0) is 20.1. The summed E-state index contributed by atoms with van der Waals surface area (Å²) >= 11 is 0. The molecule has 148 valence electrons. The third-order valence-electron chi connectivity index (χ3n) is 5.33. The lowest BCUT2D eigenvalue weighted by atomic mass is 10.1. The number of hydrogen-bond donors (Lipinski definition) is 2. The molecular formula is C20H26N6O2. The number of carbonyl (C=O) groups excluding carboxylic acids is 2. The van der Waals surface area contributed by atoms with E-state index in [2.05, 4.69) is 30.5 Å². The average Bonchev–Trinajstić information content (AvgIpc) is 3.06. The van der Waals surface area contributed by atoms with Crippen LogP contribution in [0.1, 0.15) is 35.3 Å². The summed E-state index contributed by atoms with van der Waals surface area (Å²) in [6, 6.07) is 4.14. The van der Waals surface area contributed by atoms with Crippen molar-refractivity contribution in [3.05, 3.63) is 42.0 Å². The van der Waals surface area contributed by atoms with Crippen LogP contribution in [0.5, 0.6) is 0 Å². The van der Waals surface area contributed by atoms with Gasteiger partial charge in [0.2, 0.25) is 5.91 Å². The van der Waals surface area contributed by atoms with Crippen molar-refractivity contribution in [2.45, 2.75) is 38.3 Å². The van der Waals surface area contributed by atoms with Gasteiger partial charge in [-0.3, -0.25) is 19.5 Å². The van der Waals surface area contributed by atoms with Crippen LogP contribution >= 0.6 is 0 Å². The summed E-state index contributed by atoms with van der Waals surface area (Å²) < 4.78 is 0. The van der Waals surface area contributed by atoms with Gasteiger partial charge < -0.3 is 10.6 Å². The van der Waals surface area contributed by atoms with Crippen LogP contribution in [-0.4, -0.2) is 64.4 Å². The van der Waals surface area contributed by atoms with Gasteiger partial charge in [0.25, 0.3) is 5.91 Å². The summed E-state index contributed by atoms with van der Waals surface area (Å²) in [6.07, 6.45) is 7.34. The SMILES string of the molecule is CNC(=O)C[C@H]1CC[C@@H](CNC(=O)c2cnc(-c3cccnc3)nc2C)N1C. The fourth-order valence-electron chi connectivity index (χ4n) is 3.53. The van der Waals surface area contributed by atoms with Gasteiger partial charge in [0.05, 0.1) is 11.3 Å². The highest BCUT2D eigenvalue weighted by atomic mass is 16.2. The van der Waals surface area contributed by atoms with Gasteiger partial charge in [0, 0.05) is 56.3 Å². The summed E-state index contributed by atoms with van der Waals surface area (Å²) in [5, 5.41) is 5.65. The maximum atomic E-state index is 12.6. The molecule has 2 aromatic rings. The molecule has 2 aromatic heterocycles. The Labute approximate surface area is 164 Å². The van der Waals surface area contributed by atoms with Gasteiger partial charge in [-0.1, -0.05) is 0 Å². The van der Waals surface area contributed by atoms with E-state index in [1.807, 2.05) is 19.2 Å². The zero-order valence-corrected chi connectivity index (χ0v) is 16.5. The summed E-state index contributed by atoms with van der Waals surface area (Å²) in [7, 11) is 3.66. The monoisotopic (exact) mass is 382 g/mol. The van der Waals surface area contributed by atoms with E-state index in [0.717, 1.165) is 18.4 Å². The highest BCUT2D eigenvalue weighted by molar-refractivity contribution is 5.95. The number of rotatable bonds is 6. The molecule has 1 saturated heterocycles. The first-order chi connectivity index (χ1) is 13.5. The maximum Gasteiger partial charge on any atom is 0.254 e. The number of amides is 2. The molecule has 0 spiro atoms. The van der Waals surface area contributed by atoms with E-state index >= 15 is 0 Å². The molecular weight excluding hydrogens is 356 g/mol. The van der Waals surface area contributed by atoms with Crippen LogP contribution < -0.4 is 10.6 Å². The van der Waals surface area contributed by atoms with Crippen LogP contribution in [0.2, 0.25) is 0 Å². The highest BCUT2D eigenvalue weighted by Crippen LogP contribution is 2.24. The Morgan fingerprint density at radius 1 is 1.25 bits per heavy atom. The first kappa shape index (κ1) is 19.9. The minimum Gasteiger partial charge on any atom is -0.359 e. The molecule has 0 bridgehead atoms. The number of hydrogen-bond acceptors (Lipinski definition) is 6. The van der Waals surface area contributed by atoms with E-state index in [1.54, 1.807) is 32.6 Å². The van der Waals surface area contributed by atoms with Crippen LogP contribution in [0.4, 0.5) is 0 Å². The molecule has 0 saturated carbocycles. The molecule has 3 rings (SSSR count). The van der Waals surface area contributed by atoms with Gasteiger partial charge >= 0.3 is 0 Å². The van der Waals surface area contributed by atoms with E-state index in [1.165, 1.54) is 0 Å². The Kier molecular flexibility index (Phi) is 6.30. The second-order valence-electron chi connectivity index (χ2n) is 7.07. The second-order valence-corrected chi connectivity index (χ2v) is 7.07. The lowest BCUT2D eigenvalue weighted by Crippen LogP contribution is -2.42. The van der Waals surface area contributed by atoms with Gasteiger partial charge in [-0.05, 0) is 38.9 Å². The van der Waals surface area contributed by atoms with Gasteiger partial charge in [-0.25, -0.2) is 9.97 Å². The Bertz CT molecular complexity index is 842. The van der Waals surface area contributed by atoms with E-state index < -0.39 is 0 Å². The Balaban J connectivity index is 1.59. The molecule has 3 heterocycles.